The van der Waals surface area contributed by atoms with E-state index < -0.39 is 6.04 Å². The molecule has 5 rings (SSSR count). The number of ether oxygens (including phenoxy) is 3. The van der Waals surface area contributed by atoms with Crippen LogP contribution in [0.2, 0.25) is 0 Å². The molecular formula is C45H57N9O7. The molecule has 2 atom stereocenters. The van der Waals surface area contributed by atoms with Crippen LogP contribution in [0.5, 0.6) is 5.75 Å². The van der Waals surface area contributed by atoms with Gasteiger partial charge < -0.3 is 45.9 Å². The van der Waals surface area contributed by atoms with Crippen molar-refractivity contribution in [1.82, 2.24) is 29.5 Å². The number of amides is 1. The highest BCUT2D eigenvalue weighted by Crippen LogP contribution is 2.24. The van der Waals surface area contributed by atoms with E-state index in [1.54, 1.807) is 49.4 Å². The number of amidine groups is 1. The van der Waals surface area contributed by atoms with Crippen LogP contribution in [0, 0.1) is 10.8 Å². The summed E-state index contributed by atoms with van der Waals surface area (Å²) in [6.45, 7) is 6.46. The van der Waals surface area contributed by atoms with Gasteiger partial charge in [-0.05, 0) is 73.2 Å². The normalized spacial score (nSPS) is 12.7. The number of carbonyl (C=O) groups is 2. The Labute approximate surface area is 355 Å². The lowest BCUT2D eigenvalue weighted by molar-refractivity contribution is -0.121. The molecule has 2 heterocycles. The quantitative estimate of drug-likeness (QED) is 0.0201. The molecular weight excluding hydrogens is 779 g/mol. The number of aldehydes is 1. The Morgan fingerprint density at radius 1 is 0.951 bits per heavy atom. The monoisotopic (exact) mass is 835 g/mol. The van der Waals surface area contributed by atoms with E-state index in [4.69, 9.17) is 30.8 Å². The van der Waals surface area contributed by atoms with E-state index in [2.05, 4.69) is 40.0 Å². The summed E-state index contributed by atoms with van der Waals surface area (Å²) in [5.41, 5.74) is 11.6. The molecule has 61 heavy (non-hydrogen) atoms. The van der Waals surface area contributed by atoms with Gasteiger partial charge >= 0.3 is 5.69 Å². The molecule has 0 aliphatic rings. The zero-order valence-electron chi connectivity index (χ0n) is 35.1. The minimum atomic E-state index is -0.716. The molecule has 2 unspecified atom stereocenters. The second kappa shape index (κ2) is 23.0. The van der Waals surface area contributed by atoms with Crippen molar-refractivity contribution in [2.75, 3.05) is 53.2 Å². The molecule has 2 aromatic heterocycles. The lowest BCUT2D eigenvalue weighted by Crippen LogP contribution is -2.28. The number of para-hydroxylation sites is 1. The van der Waals surface area contributed by atoms with E-state index in [0.29, 0.717) is 74.9 Å². The molecule has 5 aromatic rings. The van der Waals surface area contributed by atoms with Gasteiger partial charge in [-0.2, -0.15) is 5.10 Å². The number of fused-ring (bicyclic) bond motifs is 1. The SMILES string of the molecule is CNC(=O)CCC(C=O)n1c(=O)n(C)c2cc(CCCOCCOCCOCCNCc3ccc(C(C)n4cc(/C(=C/C(=N)c5ccccc5O)C(=N)N)cn4)cc3)ccc21. The standard InChI is InChI=1S/C45H57N9O7/c1-31(53-29-35(28-51-53)38(44(47)48)26-39(46)37-8-4-5-9-42(37)56)34-13-10-33(11-14-34)27-50-18-20-60-22-24-61-23-21-59-19-6-7-32-12-16-40-41(25-32)52(3)45(58)54(40)36(30-55)15-17-43(57)49-2/h4-5,8-14,16,25-26,28-31,36,46,50,56H,6-7,15,17-24,27H2,1-3H3,(H3,47,48)(H,49,57)/b38-26-,46-39?. The third-order valence-electron chi connectivity index (χ3n) is 10.4. The van der Waals surface area contributed by atoms with Crippen LogP contribution in [0.3, 0.4) is 0 Å². The number of phenols is 1. The molecule has 0 saturated carbocycles. The number of hydrogen-bond acceptors (Lipinski definition) is 11. The molecule has 3 aromatic carbocycles. The van der Waals surface area contributed by atoms with Crippen LogP contribution in [-0.4, -0.2) is 101 Å². The zero-order valence-corrected chi connectivity index (χ0v) is 35.1. The average molecular weight is 836 g/mol. The summed E-state index contributed by atoms with van der Waals surface area (Å²) in [7, 11) is 3.23. The Balaban J connectivity index is 0.921. The van der Waals surface area contributed by atoms with E-state index in [1.807, 2.05) is 25.1 Å². The first-order valence-electron chi connectivity index (χ1n) is 20.4. The summed E-state index contributed by atoms with van der Waals surface area (Å²) < 4.78 is 21.9. The van der Waals surface area contributed by atoms with Gasteiger partial charge in [0, 0.05) is 63.1 Å². The third-order valence-corrected chi connectivity index (χ3v) is 10.4. The summed E-state index contributed by atoms with van der Waals surface area (Å²) in [5, 5.41) is 37.1. The van der Waals surface area contributed by atoms with Crippen LogP contribution in [0.1, 0.15) is 66.1 Å². The number of phenolic OH excluding ortho intramolecular Hbond substituents is 1. The van der Waals surface area contributed by atoms with Gasteiger partial charge in [-0.1, -0.05) is 42.5 Å². The summed E-state index contributed by atoms with van der Waals surface area (Å²) in [6.07, 6.45) is 7.60. The van der Waals surface area contributed by atoms with Crippen molar-refractivity contribution in [2.45, 2.75) is 51.2 Å². The molecule has 7 N–H and O–H groups in total. The van der Waals surface area contributed by atoms with Gasteiger partial charge in [0.25, 0.3) is 0 Å². The number of hydrogen-bond donors (Lipinski definition) is 6. The maximum Gasteiger partial charge on any atom is 0.329 e. The fraction of sp³-hybridized carbons (Fsp3) is 0.378. The number of allylic oxidation sites excluding steroid dienone is 1. The number of carbonyl (C=O) groups excluding carboxylic acids is 2. The van der Waals surface area contributed by atoms with Crippen LogP contribution >= 0.6 is 0 Å². The maximum atomic E-state index is 13.0. The molecule has 16 heteroatoms. The smallest absolute Gasteiger partial charge is 0.329 e. The first kappa shape index (κ1) is 45.9. The van der Waals surface area contributed by atoms with Gasteiger partial charge in [0.2, 0.25) is 5.91 Å². The lowest BCUT2D eigenvalue weighted by Gasteiger charge is -2.14. The fourth-order valence-corrected chi connectivity index (χ4v) is 6.84. The summed E-state index contributed by atoms with van der Waals surface area (Å²) >= 11 is 0. The second-order valence-electron chi connectivity index (χ2n) is 14.6. The Hall–Kier alpha value is -6.20. The Kier molecular flexibility index (Phi) is 17.3. The van der Waals surface area contributed by atoms with Gasteiger partial charge in [0.05, 0.1) is 68.1 Å². The van der Waals surface area contributed by atoms with Crippen molar-refractivity contribution >= 4 is 40.3 Å². The molecule has 0 spiro atoms. The van der Waals surface area contributed by atoms with E-state index in [0.717, 1.165) is 41.3 Å². The van der Waals surface area contributed by atoms with Crippen molar-refractivity contribution in [1.29, 1.82) is 10.8 Å². The average Bonchev–Trinajstić information content (AvgIpc) is 3.85. The van der Waals surface area contributed by atoms with E-state index in [9.17, 15) is 19.5 Å². The number of rotatable bonds is 26. The van der Waals surface area contributed by atoms with Crippen molar-refractivity contribution in [3.63, 3.8) is 0 Å². The minimum Gasteiger partial charge on any atom is -0.507 e. The number of aromatic hydroxyl groups is 1. The minimum absolute atomic E-state index is 0.0169. The van der Waals surface area contributed by atoms with Gasteiger partial charge in [-0.3, -0.25) is 24.0 Å². The van der Waals surface area contributed by atoms with Crippen LogP contribution < -0.4 is 22.1 Å². The number of aryl methyl sites for hydroxylation is 2. The zero-order chi connectivity index (χ0) is 43.7. The van der Waals surface area contributed by atoms with Crippen LogP contribution in [-0.2, 0) is 43.8 Å². The molecule has 0 fully saturated rings. The molecule has 1 amide bonds. The molecule has 0 saturated heterocycles. The Morgan fingerprint density at radius 2 is 1.64 bits per heavy atom. The molecule has 16 nitrogen and oxygen atoms in total. The van der Waals surface area contributed by atoms with Crippen molar-refractivity contribution < 1.29 is 28.9 Å². The number of nitrogens with zero attached hydrogens (tertiary/aromatic N) is 4. The summed E-state index contributed by atoms with van der Waals surface area (Å²) in [4.78, 5) is 36.5. The van der Waals surface area contributed by atoms with E-state index >= 15 is 0 Å². The fourth-order valence-electron chi connectivity index (χ4n) is 6.84. The Morgan fingerprint density at radius 3 is 2.33 bits per heavy atom. The first-order valence-corrected chi connectivity index (χ1v) is 20.4. The molecule has 0 bridgehead atoms. The molecule has 0 radical (unpaired) electrons. The Bertz CT molecular complexity index is 2350. The predicted octanol–water partition coefficient (Wildman–Crippen LogP) is 4.28. The topological polar surface area (TPSA) is 225 Å². The highest BCUT2D eigenvalue weighted by atomic mass is 16.5. The largest absolute Gasteiger partial charge is 0.507 e. The van der Waals surface area contributed by atoms with Gasteiger partial charge in [0.15, 0.2) is 0 Å². The molecule has 0 aliphatic carbocycles. The summed E-state index contributed by atoms with van der Waals surface area (Å²) in [6, 6.07) is 19.8. The first-order chi connectivity index (χ1) is 29.5. The molecule has 0 aliphatic heterocycles. The maximum absolute atomic E-state index is 13.0. The molecule has 324 valence electrons. The lowest BCUT2D eigenvalue weighted by atomic mass is 10.0. The summed E-state index contributed by atoms with van der Waals surface area (Å²) in [5.74, 6) is -0.392. The van der Waals surface area contributed by atoms with Crippen LogP contribution in [0.25, 0.3) is 16.6 Å². The second-order valence-corrected chi connectivity index (χ2v) is 14.6. The number of aromatic nitrogens is 4. The highest BCUT2D eigenvalue weighted by Gasteiger charge is 2.20. The number of benzene rings is 3. The van der Waals surface area contributed by atoms with Crippen LogP contribution in [0.4, 0.5) is 0 Å². The van der Waals surface area contributed by atoms with Crippen LogP contribution in [0.15, 0.2) is 90.0 Å². The number of nitrogens with two attached hydrogens (primary N) is 1. The number of nitrogens with one attached hydrogen (secondary N) is 4. The third kappa shape index (κ3) is 12.7. The van der Waals surface area contributed by atoms with Crippen molar-refractivity contribution in [3.8, 4) is 5.75 Å². The van der Waals surface area contributed by atoms with E-state index in [-0.39, 0.29) is 47.8 Å². The number of imidazole rings is 1. The van der Waals surface area contributed by atoms with Crippen molar-refractivity contribution in [2.24, 2.45) is 12.8 Å². The van der Waals surface area contributed by atoms with Crippen molar-refractivity contribution in [3.05, 3.63) is 124 Å². The highest BCUT2D eigenvalue weighted by molar-refractivity contribution is 6.27. The van der Waals surface area contributed by atoms with Gasteiger partial charge in [-0.25, -0.2) is 4.79 Å². The van der Waals surface area contributed by atoms with E-state index in [1.165, 1.54) is 21.3 Å². The van der Waals surface area contributed by atoms with Gasteiger partial charge in [0.1, 0.15) is 17.9 Å². The predicted molar refractivity (Wildman–Crippen MR) is 235 cm³/mol. The van der Waals surface area contributed by atoms with Gasteiger partial charge in [-0.15, -0.1) is 0 Å².